The second kappa shape index (κ2) is 7.60. The van der Waals surface area contributed by atoms with Crippen LogP contribution in [0.25, 0.3) is 0 Å². The fourth-order valence-electron chi connectivity index (χ4n) is 2.24. The van der Waals surface area contributed by atoms with Gasteiger partial charge in [0.1, 0.15) is 0 Å². The lowest BCUT2D eigenvalue weighted by molar-refractivity contribution is 0.0600. The highest BCUT2D eigenvalue weighted by Gasteiger charge is 2.07. The molecule has 0 saturated carbocycles. The maximum Gasteiger partial charge on any atom is 0.337 e. The Kier molecular flexibility index (Phi) is 5.52. The Balaban J connectivity index is 2.00. The molecule has 0 unspecified atom stereocenters. The van der Waals surface area contributed by atoms with Crippen molar-refractivity contribution in [2.45, 2.75) is 20.0 Å². The maximum atomic E-state index is 11.4. The molecule has 21 heavy (non-hydrogen) atoms. The number of carbonyl (C=O) groups is 1. The largest absolute Gasteiger partial charge is 0.465 e. The minimum Gasteiger partial charge on any atom is -0.465 e. The number of ether oxygens (including phenoxy) is 1. The Bertz CT molecular complexity index is 564. The van der Waals surface area contributed by atoms with Crippen LogP contribution in [0.4, 0.5) is 0 Å². The molecule has 2 aromatic carbocycles. The topological polar surface area (TPSA) is 29.5 Å². The third-order valence-electron chi connectivity index (χ3n) is 3.48. The molecule has 2 rings (SSSR count). The van der Waals surface area contributed by atoms with Gasteiger partial charge in [-0.05, 0) is 29.8 Å². The van der Waals surface area contributed by atoms with Crippen molar-refractivity contribution in [1.29, 1.82) is 0 Å². The first-order valence-corrected chi connectivity index (χ1v) is 7.16. The zero-order chi connectivity index (χ0) is 15.1. The van der Waals surface area contributed by atoms with E-state index in [-0.39, 0.29) is 5.97 Å². The predicted octanol–water partition coefficient (Wildman–Crippen LogP) is 3.50. The van der Waals surface area contributed by atoms with Gasteiger partial charge in [0, 0.05) is 13.1 Å². The summed E-state index contributed by atoms with van der Waals surface area (Å²) in [6, 6.07) is 18.1. The van der Waals surface area contributed by atoms with Crippen LogP contribution in [0.5, 0.6) is 0 Å². The van der Waals surface area contributed by atoms with E-state index in [1.165, 1.54) is 18.2 Å². The van der Waals surface area contributed by atoms with Crippen LogP contribution in [0.2, 0.25) is 0 Å². The van der Waals surface area contributed by atoms with Gasteiger partial charge in [0.25, 0.3) is 0 Å². The number of hydrogen-bond donors (Lipinski definition) is 0. The van der Waals surface area contributed by atoms with Gasteiger partial charge >= 0.3 is 5.97 Å². The molecule has 0 aliphatic heterocycles. The SMILES string of the molecule is CCN(Cc1ccccc1)Cc1ccc(C(=O)OC)cc1. The van der Waals surface area contributed by atoms with Crippen molar-refractivity contribution in [3.8, 4) is 0 Å². The standard InChI is InChI=1S/C18H21NO2/c1-3-19(13-15-7-5-4-6-8-15)14-16-9-11-17(12-10-16)18(20)21-2/h4-12H,3,13-14H2,1-2H3. The molecule has 0 spiro atoms. The minimum absolute atomic E-state index is 0.293. The molecule has 2 aromatic rings. The van der Waals surface area contributed by atoms with Crippen LogP contribution in [0.3, 0.4) is 0 Å². The summed E-state index contributed by atoms with van der Waals surface area (Å²) < 4.78 is 4.71. The van der Waals surface area contributed by atoms with Gasteiger partial charge in [-0.15, -0.1) is 0 Å². The fraction of sp³-hybridized carbons (Fsp3) is 0.278. The highest BCUT2D eigenvalue weighted by atomic mass is 16.5. The maximum absolute atomic E-state index is 11.4. The molecule has 0 N–H and O–H groups in total. The van der Waals surface area contributed by atoms with Gasteiger partial charge in [-0.3, -0.25) is 4.90 Å². The second-order valence-corrected chi connectivity index (χ2v) is 4.98. The van der Waals surface area contributed by atoms with Crippen LogP contribution >= 0.6 is 0 Å². The summed E-state index contributed by atoms with van der Waals surface area (Å²) in [5.41, 5.74) is 3.10. The molecule has 0 aliphatic rings. The Morgan fingerprint density at radius 2 is 1.52 bits per heavy atom. The Labute approximate surface area is 126 Å². The van der Waals surface area contributed by atoms with Crippen LogP contribution in [-0.2, 0) is 17.8 Å². The van der Waals surface area contributed by atoms with E-state index in [4.69, 9.17) is 4.74 Å². The third kappa shape index (κ3) is 4.43. The Hall–Kier alpha value is -2.13. The van der Waals surface area contributed by atoms with Gasteiger partial charge in [0.2, 0.25) is 0 Å². The predicted molar refractivity (Wildman–Crippen MR) is 84.0 cm³/mol. The van der Waals surface area contributed by atoms with Crippen LogP contribution in [0.15, 0.2) is 54.6 Å². The summed E-state index contributed by atoms with van der Waals surface area (Å²) in [6.45, 7) is 4.93. The Morgan fingerprint density at radius 3 is 2.05 bits per heavy atom. The number of hydrogen-bond acceptors (Lipinski definition) is 3. The van der Waals surface area contributed by atoms with Crippen LogP contribution in [0.1, 0.15) is 28.4 Å². The first kappa shape index (κ1) is 15.3. The quantitative estimate of drug-likeness (QED) is 0.760. The molecule has 3 heteroatoms. The van der Waals surface area contributed by atoms with E-state index in [1.807, 2.05) is 30.3 Å². The number of nitrogens with zero attached hydrogens (tertiary/aromatic N) is 1. The molecule has 0 saturated heterocycles. The van der Waals surface area contributed by atoms with Crippen molar-refractivity contribution in [2.24, 2.45) is 0 Å². The van der Waals surface area contributed by atoms with Crippen molar-refractivity contribution in [1.82, 2.24) is 4.90 Å². The summed E-state index contributed by atoms with van der Waals surface area (Å²) in [5, 5.41) is 0. The highest BCUT2D eigenvalue weighted by molar-refractivity contribution is 5.89. The third-order valence-corrected chi connectivity index (χ3v) is 3.48. The summed E-state index contributed by atoms with van der Waals surface area (Å²) in [6.07, 6.45) is 0. The molecular weight excluding hydrogens is 262 g/mol. The van der Waals surface area contributed by atoms with Crippen molar-refractivity contribution in [3.63, 3.8) is 0 Å². The first-order valence-electron chi connectivity index (χ1n) is 7.16. The number of carbonyl (C=O) groups excluding carboxylic acids is 1. The van der Waals surface area contributed by atoms with Gasteiger partial charge in [-0.1, -0.05) is 49.4 Å². The molecule has 0 heterocycles. The van der Waals surface area contributed by atoms with E-state index in [0.29, 0.717) is 5.56 Å². The zero-order valence-electron chi connectivity index (χ0n) is 12.6. The molecule has 0 radical (unpaired) electrons. The lowest BCUT2D eigenvalue weighted by Gasteiger charge is -2.20. The van der Waals surface area contributed by atoms with E-state index >= 15 is 0 Å². The summed E-state index contributed by atoms with van der Waals surface area (Å²) in [7, 11) is 1.40. The average Bonchev–Trinajstić information content (AvgIpc) is 2.55. The molecule has 0 atom stereocenters. The van der Waals surface area contributed by atoms with E-state index in [0.717, 1.165) is 19.6 Å². The van der Waals surface area contributed by atoms with E-state index in [2.05, 4.69) is 36.1 Å². The number of benzene rings is 2. The molecule has 0 fully saturated rings. The normalized spacial score (nSPS) is 10.6. The molecule has 110 valence electrons. The molecule has 0 amide bonds. The first-order chi connectivity index (χ1) is 10.2. The van der Waals surface area contributed by atoms with Crippen molar-refractivity contribution < 1.29 is 9.53 Å². The molecule has 0 aliphatic carbocycles. The van der Waals surface area contributed by atoms with E-state index < -0.39 is 0 Å². The molecule has 0 aromatic heterocycles. The molecule has 3 nitrogen and oxygen atoms in total. The Morgan fingerprint density at radius 1 is 0.952 bits per heavy atom. The van der Waals surface area contributed by atoms with Gasteiger partial charge in [0.15, 0.2) is 0 Å². The summed E-state index contributed by atoms with van der Waals surface area (Å²) in [5.74, 6) is -0.293. The lowest BCUT2D eigenvalue weighted by atomic mass is 10.1. The molecular formula is C18H21NO2. The van der Waals surface area contributed by atoms with Crippen LogP contribution in [-0.4, -0.2) is 24.5 Å². The van der Waals surface area contributed by atoms with Gasteiger partial charge < -0.3 is 4.74 Å². The highest BCUT2D eigenvalue weighted by Crippen LogP contribution is 2.11. The van der Waals surface area contributed by atoms with Gasteiger partial charge in [0.05, 0.1) is 12.7 Å². The minimum atomic E-state index is -0.293. The number of esters is 1. The lowest BCUT2D eigenvalue weighted by Crippen LogP contribution is -2.22. The van der Waals surface area contributed by atoms with E-state index in [9.17, 15) is 4.79 Å². The number of rotatable bonds is 6. The number of methoxy groups -OCH3 is 1. The van der Waals surface area contributed by atoms with Crippen molar-refractivity contribution in [2.75, 3.05) is 13.7 Å². The van der Waals surface area contributed by atoms with Gasteiger partial charge in [-0.25, -0.2) is 4.79 Å². The van der Waals surface area contributed by atoms with Crippen LogP contribution in [0, 0.1) is 0 Å². The average molecular weight is 283 g/mol. The van der Waals surface area contributed by atoms with Crippen LogP contribution < -0.4 is 0 Å². The molecule has 0 bridgehead atoms. The zero-order valence-corrected chi connectivity index (χ0v) is 12.6. The van der Waals surface area contributed by atoms with Gasteiger partial charge in [-0.2, -0.15) is 0 Å². The fourth-order valence-corrected chi connectivity index (χ4v) is 2.24. The van der Waals surface area contributed by atoms with Crippen molar-refractivity contribution >= 4 is 5.97 Å². The van der Waals surface area contributed by atoms with E-state index in [1.54, 1.807) is 0 Å². The summed E-state index contributed by atoms with van der Waals surface area (Å²) >= 11 is 0. The second-order valence-electron chi connectivity index (χ2n) is 4.98. The monoisotopic (exact) mass is 283 g/mol. The smallest absolute Gasteiger partial charge is 0.337 e. The van der Waals surface area contributed by atoms with Crippen molar-refractivity contribution in [3.05, 3.63) is 71.3 Å². The summed E-state index contributed by atoms with van der Waals surface area (Å²) in [4.78, 5) is 13.8.